The molecule has 3 rings (SSSR count). The van der Waals surface area contributed by atoms with Gasteiger partial charge in [0.1, 0.15) is 0 Å². The number of hydrogen-bond acceptors (Lipinski definition) is 0. The van der Waals surface area contributed by atoms with Gasteiger partial charge in [0, 0.05) is 37.1 Å². The molecule has 1 nitrogen and oxygen atoms in total. The molecule has 0 fully saturated rings. The molecule has 0 aliphatic carbocycles. The Labute approximate surface area is 158 Å². The smallest absolute Gasteiger partial charge is 0.166 e. The number of pyridine rings is 1. The molecule has 3 aromatic rings. The zero-order valence-corrected chi connectivity index (χ0v) is 16.2. The second-order valence-electron chi connectivity index (χ2n) is 7.18. The molecular formula is C23H23F3N+. The lowest BCUT2D eigenvalue weighted by Crippen LogP contribution is -2.39. The highest BCUT2D eigenvalue weighted by molar-refractivity contribution is 5.64. The van der Waals surface area contributed by atoms with Crippen LogP contribution in [-0.4, -0.2) is 0 Å². The summed E-state index contributed by atoms with van der Waals surface area (Å²) in [4.78, 5) is 0. The Morgan fingerprint density at radius 3 is 1.59 bits per heavy atom. The van der Waals surface area contributed by atoms with E-state index in [1.54, 1.807) is 0 Å². The van der Waals surface area contributed by atoms with E-state index in [1.165, 1.54) is 28.8 Å². The normalized spacial score (nSPS) is 11.7. The molecule has 140 valence electrons. The van der Waals surface area contributed by atoms with Gasteiger partial charge in [0.15, 0.2) is 11.4 Å². The minimum Gasteiger partial charge on any atom is -0.166 e. The quantitative estimate of drug-likeness (QED) is 0.474. The predicted octanol–water partition coefficient (Wildman–Crippen LogP) is 6.19. The number of hydrogen-bond donors (Lipinski definition) is 0. The molecule has 27 heavy (non-hydrogen) atoms. The van der Waals surface area contributed by atoms with Crippen LogP contribution >= 0.6 is 0 Å². The first kappa shape index (κ1) is 19.2. The molecule has 0 radical (unpaired) electrons. The molecule has 0 aliphatic rings. The van der Waals surface area contributed by atoms with Gasteiger partial charge in [0.25, 0.3) is 0 Å². The topological polar surface area (TPSA) is 3.88 Å². The molecule has 0 unspecified atom stereocenters. The van der Waals surface area contributed by atoms with Gasteiger partial charge < -0.3 is 0 Å². The lowest BCUT2D eigenvalue weighted by molar-refractivity contribution is -0.610. The average Bonchev–Trinajstić information content (AvgIpc) is 2.55. The first-order chi connectivity index (χ1) is 12.6. The van der Waals surface area contributed by atoms with Crippen LogP contribution in [0.2, 0.25) is 0 Å². The van der Waals surface area contributed by atoms with Gasteiger partial charge in [-0.25, -0.2) is 0 Å². The molecule has 1 aromatic heterocycles. The molecule has 2 aromatic carbocycles. The average molecular weight is 370 g/mol. The SMILES string of the molecule is Cc1cc(C)c(-[n+]2c(C)cc(-c3ccc(C(F)(F)F)cc3)cc2C)c(C)c1. The molecule has 0 atom stereocenters. The van der Waals surface area contributed by atoms with E-state index in [0.717, 1.165) is 40.3 Å². The van der Waals surface area contributed by atoms with Crippen molar-refractivity contribution in [2.45, 2.75) is 40.8 Å². The van der Waals surface area contributed by atoms with Crippen molar-refractivity contribution in [2.75, 3.05) is 0 Å². The maximum Gasteiger partial charge on any atom is 0.416 e. The highest BCUT2D eigenvalue weighted by atomic mass is 19.4. The molecular weight excluding hydrogens is 347 g/mol. The number of benzene rings is 2. The summed E-state index contributed by atoms with van der Waals surface area (Å²) < 4.78 is 40.6. The number of rotatable bonds is 2. The molecule has 0 N–H and O–H groups in total. The van der Waals surface area contributed by atoms with Crippen LogP contribution in [-0.2, 0) is 6.18 Å². The Hall–Kier alpha value is -2.62. The van der Waals surface area contributed by atoms with Crippen LogP contribution in [0.15, 0.2) is 48.5 Å². The first-order valence-corrected chi connectivity index (χ1v) is 8.87. The summed E-state index contributed by atoms with van der Waals surface area (Å²) in [5.41, 5.74) is 7.94. The summed E-state index contributed by atoms with van der Waals surface area (Å²) in [5.74, 6) is 0. The molecule has 0 amide bonds. The Morgan fingerprint density at radius 1 is 0.667 bits per heavy atom. The highest BCUT2D eigenvalue weighted by Crippen LogP contribution is 2.31. The maximum absolute atomic E-state index is 12.8. The van der Waals surface area contributed by atoms with Crippen LogP contribution in [0.3, 0.4) is 0 Å². The van der Waals surface area contributed by atoms with Crippen molar-refractivity contribution < 1.29 is 17.7 Å². The van der Waals surface area contributed by atoms with Crippen molar-refractivity contribution in [3.63, 3.8) is 0 Å². The van der Waals surface area contributed by atoms with Gasteiger partial charge >= 0.3 is 6.18 Å². The Morgan fingerprint density at radius 2 is 1.15 bits per heavy atom. The van der Waals surface area contributed by atoms with Crippen molar-refractivity contribution >= 4 is 0 Å². The van der Waals surface area contributed by atoms with E-state index < -0.39 is 11.7 Å². The summed E-state index contributed by atoms with van der Waals surface area (Å²) >= 11 is 0. The molecule has 0 aliphatic heterocycles. The van der Waals surface area contributed by atoms with Gasteiger partial charge in [0.2, 0.25) is 5.69 Å². The number of alkyl halides is 3. The van der Waals surface area contributed by atoms with E-state index in [-0.39, 0.29) is 0 Å². The zero-order valence-electron chi connectivity index (χ0n) is 16.2. The summed E-state index contributed by atoms with van der Waals surface area (Å²) in [5, 5.41) is 0. The summed E-state index contributed by atoms with van der Waals surface area (Å²) in [6.07, 6.45) is -4.31. The lowest BCUT2D eigenvalue weighted by atomic mass is 10.0. The first-order valence-electron chi connectivity index (χ1n) is 8.87. The van der Waals surface area contributed by atoms with Gasteiger partial charge in [-0.2, -0.15) is 17.7 Å². The van der Waals surface area contributed by atoms with Gasteiger partial charge in [0.05, 0.1) is 5.56 Å². The van der Waals surface area contributed by atoms with E-state index in [2.05, 4.69) is 37.5 Å². The minimum atomic E-state index is -4.31. The second kappa shape index (κ2) is 6.84. The fraction of sp³-hybridized carbons (Fsp3) is 0.261. The molecule has 4 heteroatoms. The molecule has 0 saturated heterocycles. The van der Waals surface area contributed by atoms with Crippen LogP contribution in [0.1, 0.15) is 33.6 Å². The van der Waals surface area contributed by atoms with Crippen LogP contribution in [0.5, 0.6) is 0 Å². The van der Waals surface area contributed by atoms with Gasteiger partial charge in [-0.1, -0.05) is 17.7 Å². The predicted molar refractivity (Wildman–Crippen MR) is 102 cm³/mol. The van der Waals surface area contributed by atoms with Crippen LogP contribution in [0, 0.1) is 34.6 Å². The van der Waals surface area contributed by atoms with Crippen molar-refractivity contribution in [1.29, 1.82) is 0 Å². The van der Waals surface area contributed by atoms with Gasteiger partial charge in [-0.15, -0.1) is 0 Å². The lowest BCUT2D eigenvalue weighted by Gasteiger charge is -2.12. The standard InChI is InChI=1S/C23H23F3N/c1-14-10-15(2)22(16(3)11-14)27-17(4)12-20(13-18(27)5)19-6-8-21(9-7-19)23(24,25)26/h6-13H,1-5H3/q+1. The van der Waals surface area contributed by atoms with Crippen molar-refractivity contribution in [3.8, 4) is 16.8 Å². The van der Waals surface area contributed by atoms with Crippen molar-refractivity contribution in [3.05, 3.63) is 82.2 Å². The zero-order chi connectivity index (χ0) is 19.9. The van der Waals surface area contributed by atoms with E-state index in [0.29, 0.717) is 0 Å². The number of halogens is 3. The Bertz CT molecular complexity index is 953. The Kier molecular flexibility index (Phi) is 4.85. The summed E-state index contributed by atoms with van der Waals surface area (Å²) in [6.45, 7) is 10.3. The number of aryl methyl sites for hydroxylation is 5. The maximum atomic E-state index is 12.8. The molecule has 0 saturated carbocycles. The summed E-state index contributed by atoms with van der Waals surface area (Å²) in [7, 11) is 0. The molecule has 1 heterocycles. The van der Waals surface area contributed by atoms with E-state index in [9.17, 15) is 13.2 Å². The monoisotopic (exact) mass is 370 g/mol. The highest BCUT2D eigenvalue weighted by Gasteiger charge is 2.30. The Balaban J connectivity index is 2.09. The number of nitrogens with zero attached hydrogens (tertiary/aromatic N) is 1. The third-order valence-electron chi connectivity index (χ3n) is 4.84. The van der Waals surface area contributed by atoms with Crippen molar-refractivity contribution in [1.82, 2.24) is 0 Å². The number of aromatic nitrogens is 1. The van der Waals surface area contributed by atoms with E-state index >= 15 is 0 Å². The third-order valence-corrected chi connectivity index (χ3v) is 4.84. The molecule has 0 spiro atoms. The summed E-state index contributed by atoms with van der Waals surface area (Å²) in [6, 6.07) is 13.7. The van der Waals surface area contributed by atoms with Crippen molar-refractivity contribution in [2.24, 2.45) is 0 Å². The third kappa shape index (κ3) is 3.75. The second-order valence-corrected chi connectivity index (χ2v) is 7.18. The van der Waals surface area contributed by atoms with E-state index in [1.807, 2.05) is 26.0 Å². The fourth-order valence-corrected chi connectivity index (χ4v) is 3.80. The van der Waals surface area contributed by atoms with Gasteiger partial charge in [-0.05, 0) is 56.2 Å². The largest absolute Gasteiger partial charge is 0.416 e. The van der Waals surface area contributed by atoms with Gasteiger partial charge in [-0.3, -0.25) is 0 Å². The molecule has 0 bridgehead atoms. The van der Waals surface area contributed by atoms with Crippen LogP contribution in [0.25, 0.3) is 16.8 Å². The van der Waals surface area contributed by atoms with E-state index in [4.69, 9.17) is 0 Å². The van der Waals surface area contributed by atoms with Crippen LogP contribution < -0.4 is 4.57 Å². The minimum absolute atomic E-state index is 0.628. The fourth-order valence-electron chi connectivity index (χ4n) is 3.80. The van der Waals surface area contributed by atoms with Crippen LogP contribution in [0.4, 0.5) is 13.2 Å².